The van der Waals surface area contributed by atoms with E-state index in [-0.39, 0.29) is 22.7 Å². The molecule has 2 amide bonds. The summed E-state index contributed by atoms with van der Waals surface area (Å²) in [5, 5.41) is 16.3. The van der Waals surface area contributed by atoms with Crippen LogP contribution in [0.15, 0.2) is 53.6 Å². The van der Waals surface area contributed by atoms with Crippen molar-refractivity contribution in [1.29, 1.82) is 0 Å². The molecular formula is C21H24FN7O3S. The van der Waals surface area contributed by atoms with E-state index in [0.717, 1.165) is 11.8 Å². The highest BCUT2D eigenvalue weighted by molar-refractivity contribution is 7.89. The van der Waals surface area contributed by atoms with Crippen LogP contribution < -0.4 is 26.4 Å². The van der Waals surface area contributed by atoms with Gasteiger partial charge < -0.3 is 21.3 Å². The van der Waals surface area contributed by atoms with E-state index in [2.05, 4.69) is 31.2 Å². The first kappa shape index (κ1) is 23.9. The Bertz CT molecular complexity index is 1270. The number of hydrogen-bond acceptors (Lipinski definition) is 7. The van der Waals surface area contributed by atoms with Crippen molar-refractivity contribution in [2.45, 2.75) is 25.3 Å². The number of anilines is 4. The van der Waals surface area contributed by atoms with Gasteiger partial charge in [-0.3, -0.25) is 0 Å². The number of nitrogens with two attached hydrogens (primary N) is 1. The summed E-state index contributed by atoms with van der Waals surface area (Å²) in [6, 6.07) is 11.4. The second-order valence-electron chi connectivity index (χ2n) is 7.08. The molecular weight excluding hydrogens is 449 g/mol. The highest BCUT2D eigenvalue weighted by atomic mass is 32.2. The Kier molecular flexibility index (Phi) is 7.41. The van der Waals surface area contributed by atoms with Gasteiger partial charge in [-0.25, -0.2) is 27.7 Å². The van der Waals surface area contributed by atoms with Crippen LogP contribution in [0.1, 0.15) is 18.1 Å². The summed E-state index contributed by atoms with van der Waals surface area (Å²) < 4.78 is 37.8. The number of carbonyl (C=O) groups is 1. The molecule has 10 nitrogen and oxygen atoms in total. The number of amides is 2. The maximum atomic E-state index is 14.3. The third-order valence-electron chi connectivity index (χ3n) is 4.48. The number of urea groups is 1. The van der Waals surface area contributed by atoms with Gasteiger partial charge in [-0.2, -0.15) is 4.98 Å². The molecule has 0 radical (unpaired) electrons. The maximum Gasteiger partial charge on any atom is 0.315 e. The first-order valence-electron chi connectivity index (χ1n) is 9.96. The van der Waals surface area contributed by atoms with E-state index in [9.17, 15) is 17.6 Å². The fourth-order valence-electron chi connectivity index (χ4n) is 2.93. The number of nitrogens with zero attached hydrogens (tertiary/aromatic N) is 2. The molecule has 3 aromatic rings. The van der Waals surface area contributed by atoms with Crippen LogP contribution in [0.4, 0.5) is 32.3 Å². The van der Waals surface area contributed by atoms with Crippen molar-refractivity contribution >= 4 is 39.2 Å². The van der Waals surface area contributed by atoms with Crippen LogP contribution in [0, 0.1) is 12.7 Å². The SMILES string of the molecule is CCNC(=O)NCc1cccc(Nc2nc(Nc3ccc(C)c(S(N)(=O)=O)c3)ncc2F)c1. The zero-order chi connectivity index (χ0) is 24.0. The largest absolute Gasteiger partial charge is 0.338 e. The second-order valence-corrected chi connectivity index (χ2v) is 8.61. The van der Waals surface area contributed by atoms with Gasteiger partial charge in [0.1, 0.15) is 0 Å². The minimum Gasteiger partial charge on any atom is -0.338 e. The van der Waals surface area contributed by atoms with Gasteiger partial charge in [-0.15, -0.1) is 0 Å². The van der Waals surface area contributed by atoms with Crippen LogP contribution in [0.3, 0.4) is 0 Å². The van der Waals surface area contributed by atoms with Crippen LogP contribution in [-0.4, -0.2) is 31.0 Å². The van der Waals surface area contributed by atoms with Gasteiger partial charge in [0.2, 0.25) is 16.0 Å². The predicted octanol–water partition coefficient (Wildman–Crippen LogP) is 2.88. The molecule has 0 aliphatic rings. The van der Waals surface area contributed by atoms with Crippen molar-refractivity contribution in [3.05, 3.63) is 65.6 Å². The van der Waals surface area contributed by atoms with Gasteiger partial charge in [-0.1, -0.05) is 18.2 Å². The maximum absolute atomic E-state index is 14.3. The molecule has 0 saturated carbocycles. The molecule has 6 N–H and O–H groups in total. The Labute approximate surface area is 190 Å². The standard InChI is InChI=1S/C21H24FN7O3S/c1-3-24-21(30)26-11-14-5-4-6-15(9-14)27-19-17(22)12-25-20(29-19)28-16-8-7-13(2)18(10-16)33(23,31)32/h4-10,12H,3,11H2,1-2H3,(H2,23,31,32)(H2,24,26,30)(H2,25,27,28,29). The van der Waals surface area contributed by atoms with E-state index in [1.807, 2.05) is 13.0 Å². The fraction of sp³-hybridized carbons (Fsp3) is 0.190. The van der Waals surface area contributed by atoms with Gasteiger partial charge in [0.05, 0.1) is 11.1 Å². The highest BCUT2D eigenvalue weighted by Crippen LogP contribution is 2.23. The minimum atomic E-state index is -3.90. The summed E-state index contributed by atoms with van der Waals surface area (Å²) in [6.45, 7) is 4.25. The highest BCUT2D eigenvalue weighted by Gasteiger charge is 2.14. The van der Waals surface area contributed by atoms with Crippen LogP contribution >= 0.6 is 0 Å². The third-order valence-corrected chi connectivity index (χ3v) is 5.53. The number of nitrogens with one attached hydrogen (secondary N) is 4. The third kappa shape index (κ3) is 6.60. The normalized spacial score (nSPS) is 11.0. The van der Waals surface area contributed by atoms with Crippen LogP contribution in [0.2, 0.25) is 0 Å². The number of sulfonamides is 1. The number of carbonyl (C=O) groups excluding carboxylic acids is 1. The average Bonchev–Trinajstić information content (AvgIpc) is 2.76. The Morgan fingerprint density at radius 2 is 1.85 bits per heavy atom. The van der Waals surface area contributed by atoms with E-state index in [0.29, 0.717) is 30.0 Å². The van der Waals surface area contributed by atoms with Gasteiger partial charge in [0, 0.05) is 24.5 Å². The van der Waals surface area contributed by atoms with Crippen LogP contribution in [0.5, 0.6) is 0 Å². The minimum absolute atomic E-state index is 0.0361. The van der Waals surface area contributed by atoms with E-state index >= 15 is 0 Å². The lowest BCUT2D eigenvalue weighted by Crippen LogP contribution is -2.34. The molecule has 0 bridgehead atoms. The van der Waals surface area contributed by atoms with Crippen molar-refractivity contribution in [2.75, 3.05) is 17.2 Å². The molecule has 3 rings (SSSR count). The zero-order valence-electron chi connectivity index (χ0n) is 18.0. The monoisotopic (exact) mass is 473 g/mol. The number of aryl methyl sites for hydroxylation is 1. The Balaban J connectivity index is 1.76. The topological polar surface area (TPSA) is 151 Å². The molecule has 0 saturated heterocycles. The Hall–Kier alpha value is -3.77. The van der Waals surface area contributed by atoms with E-state index in [1.54, 1.807) is 37.3 Å². The molecule has 1 aromatic heterocycles. The molecule has 0 aliphatic carbocycles. The molecule has 0 fully saturated rings. The quantitative estimate of drug-likeness (QED) is 0.337. The summed E-state index contributed by atoms with van der Waals surface area (Å²) in [6.07, 6.45) is 0.993. The van der Waals surface area contributed by atoms with E-state index in [1.165, 1.54) is 6.07 Å². The van der Waals surface area contributed by atoms with Gasteiger partial charge in [0.15, 0.2) is 11.6 Å². The van der Waals surface area contributed by atoms with E-state index < -0.39 is 15.8 Å². The number of rotatable bonds is 8. The summed E-state index contributed by atoms with van der Waals surface area (Å²) >= 11 is 0. The molecule has 0 atom stereocenters. The molecule has 0 aliphatic heterocycles. The molecule has 33 heavy (non-hydrogen) atoms. The number of hydrogen-bond donors (Lipinski definition) is 5. The van der Waals surface area contributed by atoms with Gasteiger partial charge in [0.25, 0.3) is 0 Å². The molecule has 0 spiro atoms. The first-order chi connectivity index (χ1) is 15.7. The van der Waals surface area contributed by atoms with Crippen LogP contribution in [0.25, 0.3) is 0 Å². The fourth-order valence-corrected chi connectivity index (χ4v) is 3.74. The summed E-state index contributed by atoms with van der Waals surface area (Å²) in [4.78, 5) is 19.6. The van der Waals surface area contributed by atoms with E-state index in [4.69, 9.17) is 5.14 Å². The first-order valence-corrected chi connectivity index (χ1v) is 11.5. The number of benzene rings is 2. The lowest BCUT2D eigenvalue weighted by Gasteiger charge is -2.12. The van der Waals surface area contributed by atoms with Gasteiger partial charge in [-0.05, 0) is 49.2 Å². The number of halogens is 1. The molecule has 12 heteroatoms. The van der Waals surface area contributed by atoms with Crippen molar-refractivity contribution in [1.82, 2.24) is 20.6 Å². The second kappa shape index (κ2) is 10.2. The molecule has 2 aromatic carbocycles. The molecule has 1 heterocycles. The number of aromatic nitrogens is 2. The number of primary sulfonamides is 1. The summed E-state index contributed by atoms with van der Waals surface area (Å²) in [5.74, 6) is -0.710. The predicted molar refractivity (Wildman–Crippen MR) is 123 cm³/mol. The summed E-state index contributed by atoms with van der Waals surface area (Å²) in [7, 11) is -3.90. The van der Waals surface area contributed by atoms with Crippen molar-refractivity contribution < 1.29 is 17.6 Å². The summed E-state index contributed by atoms with van der Waals surface area (Å²) in [5.41, 5.74) is 2.22. The lowest BCUT2D eigenvalue weighted by atomic mass is 10.2. The lowest BCUT2D eigenvalue weighted by molar-refractivity contribution is 0.241. The smallest absolute Gasteiger partial charge is 0.315 e. The Morgan fingerprint density at radius 3 is 2.58 bits per heavy atom. The van der Waals surface area contributed by atoms with Crippen LogP contribution in [-0.2, 0) is 16.6 Å². The average molecular weight is 474 g/mol. The van der Waals surface area contributed by atoms with Crippen molar-refractivity contribution in [2.24, 2.45) is 5.14 Å². The van der Waals surface area contributed by atoms with Crippen molar-refractivity contribution in [3.63, 3.8) is 0 Å². The Morgan fingerprint density at radius 1 is 1.09 bits per heavy atom. The molecule has 0 unspecified atom stereocenters. The van der Waals surface area contributed by atoms with Crippen molar-refractivity contribution in [3.8, 4) is 0 Å². The zero-order valence-corrected chi connectivity index (χ0v) is 18.8. The molecule has 174 valence electrons. The van der Waals surface area contributed by atoms with Gasteiger partial charge >= 0.3 is 6.03 Å².